The molecule has 28 heavy (non-hydrogen) atoms. The Hall–Kier alpha value is -3.18. The quantitative estimate of drug-likeness (QED) is 0.406. The number of thioether (sulfide) groups is 1. The highest BCUT2D eigenvalue weighted by Gasteiger charge is 2.19. The number of aldehydes is 1. The van der Waals surface area contributed by atoms with Crippen LogP contribution in [0.4, 0.5) is 5.69 Å². The number of pyridine rings is 1. The Labute approximate surface area is 184 Å². The number of halogens is 1. The lowest BCUT2D eigenvalue weighted by atomic mass is 10.2. The van der Waals surface area contributed by atoms with Crippen molar-refractivity contribution >= 4 is 45.4 Å². The van der Waals surface area contributed by atoms with Gasteiger partial charge in [0.05, 0.1) is 24.1 Å². The first-order chi connectivity index (χ1) is 15.5. The van der Waals surface area contributed by atoms with Crippen molar-refractivity contribution in [1.82, 2.24) is 4.98 Å². The summed E-state index contributed by atoms with van der Waals surface area (Å²) in [6.07, 6.45) is 11.8. The minimum Gasteiger partial charge on any atom is -0.495 e. The average Bonchev–Trinajstić information content (AvgIpc) is 3.22. The number of fused-ring (bicyclic) bond motifs is 1. The molecule has 1 aromatic heterocycles. The molecule has 0 aliphatic carbocycles. The summed E-state index contributed by atoms with van der Waals surface area (Å²) in [6, 6.07) is 6.85. The van der Waals surface area contributed by atoms with Crippen LogP contribution >= 0.6 is 27.7 Å². The summed E-state index contributed by atoms with van der Waals surface area (Å²) in [7, 11) is 1.51. The van der Waals surface area contributed by atoms with Gasteiger partial charge in [-0.2, -0.15) is 0 Å². The van der Waals surface area contributed by atoms with Gasteiger partial charge in [0, 0.05) is 23.6 Å². The number of hydrogen-bond acceptors (Lipinski definition) is 6. The van der Waals surface area contributed by atoms with Crippen LogP contribution in [-0.2, 0) is 0 Å². The first-order valence-corrected chi connectivity index (χ1v) is 9.36. The number of rotatable bonds is 2. The molecule has 1 aromatic carbocycles. The second-order valence-corrected chi connectivity index (χ2v) is 6.66. The van der Waals surface area contributed by atoms with Gasteiger partial charge in [0.25, 0.3) is 0 Å². The van der Waals surface area contributed by atoms with Crippen LogP contribution in [-0.4, -0.2) is 29.9 Å². The fraction of sp³-hybridized carbons (Fsp3) is 0.0952. The normalized spacial score (nSPS) is 10.8. The second-order valence-electron chi connectivity index (χ2n) is 4.84. The van der Waals surface area contributed by atoms with Crippen molar-refractivity contribution in [1.29, 1.82) is 0 Å². The summed E-state index contributed by atoms with van der Waals surface area (Å²) < 4.78 is 25.6. The van der Waals surface area contributed by atoms with Crippen molar-refractivity contribution < 1.29 is 21.7 Å². The molecular weight excluding hydrogens is 440 g/mol. The first-order valence-electron chi connectivity index (χ1n) is 9.58. The Bertz CT molecular complexity index is 1010. The molecule has 0 spiro atoms. The lowest BCUT2D eigenvalue weighted by Crippen LogP contribution is -1.94. The number of Topliss-reactive ketones (excluding diaryl/α,β-unsaturated/α-hetero) is 1. The van der Waals surface area contributed by atoms with Crippen LogP contribution in [0.25, 0.3) is 0 Å². The van der Waals surface area contributed by atoms with E-state index in [2.05, 4.69) is 44.6 Å². The molecule has 146 valence electrons. The van der Waals surface area contributed by atoms with Crippen molar-refractivity contribution in [3.05, 3.63) is 46.1 Å². The number of methoxy groups -OCH3 is 1. The Morgan fingerprint density at radius 1 is 1.39 bits per heavy atom. The molecule has 0 saturated carbocycles. The van der Waals surface area contributed by atoms with E-state index in [0.29, 0.717) is 27.2 Å². The molecule has 1 aliphatic heterocycles. The number of benzene rings is 1. The maximum atomic E-state index is 11.0. The van der Waals surface area contributed by atoms with Crippen LogP contribution in [0.15, 0.2) is 40.0 Å². The number of nitrogens with two attached hydrogens (primary N) is 1. The predicted octanol–water partition coefficient (Wildman–Crippen LogP) is 4.22. The molecule has 0 radical (unpaired) electrons. The van der Waals surface area contributed by atoms with Gasteiger partial charge in [-0.25, -0.2) is 4.98 Å². The van der Waals surface area contributed by atoms with Gasteiger partial charge in [0.15, 0.2) is 12.1 Å². The highest BCUT2D eigenvalue weighted by molar-refractivity contribution is 9.10. The van der Waals surface area contributed by atoms with Crippen LogP contribution in [0.2, 0.25) is 0 Å². The highest BCUT2D eigenvalue weighted by atomic mass is 79.9. The molecule has 2 N–H and O–H groups in total. The number of nitrogens with zero attached hydrogens (tertiary/aromatic N) is 1. The number of aromatic nitrogens is 1. The molecule has 7 heteroatoms. The van der Waals surface area contributed by atoms with Crippen molar-refractivity contribution in [2.45, 2.75) is 5.03 Å². The Morgan fingerprint density at radius 2 is 2.07 bits per heavy atom. The molecule has 0 fully saturated rings. The zero-order chi connectivity index (χ0) is 24.9. The molecule has 0 atom stereocenters. The van der Waals surface area contributed by atoms with E-state index in [4.69, 9.17) is 29.3 Å². The number of carbonyl (C=O) groups is 2. The molecule has 0 amide bonds. The van der Waals surface area contributed by atoms with Crippen LogP contribution in [0.5, 0.6) is 5.75 Å². The second kappa shape index (κ2) is 12.3. The monoisotopic (exact) mass is 465 g/mol. The number of ether oxygens (including phenoxy) is 1. The topological polar surface area (TPSA) is 82.3 Å². The molecular formula is C21H21BrN2O3S. The maximum absolute atomic E-state index is 11.0. The van der Waals surface area contributed by atoms with Crippen molar-refractivity contribution in [3.8, 4) is 42.3 Å². The third-order valence-corrected chi connectivity index (χ3v) is 4.79. The average molecular weight is 466 g/mol. The van der Waals surface area contributed by atoms with Gasteiger partial charge in [-0.05, 0) is 63.9 Å². The SMILES string of the molecule is C#CC#CC#C.COc1cc(C=O)c(Br)cc1N.O=C1CSc2ncccc21.[2HH].[2H][2H].[2H][2H]. The van der Waals surface area contributed by atoms with Gasteiger partial charge in [-0.15, -0.1) is 12.8 Å². The fourth-order valence-electron chi connectivity index (χ4n) is 1.85. The lowest BCUT2D eigenvalue weighted by molar-refractivity contribution is 0.102. The summed E-state index contributed by atoms with van der Waals surface area (Å²) in [5, 5.41) is 0.882. The Balaban J connectivity index is -0.000000390. The summed E-state index contributed by atoms with van der Waals surface area (Å²) >= 11 is 4.72. The minimum absolute atomic E-state index is 0. The van der Waals surface area contributed by atoms with Crippen LogP contribution in [0.1, 0.15) is 28.1 Å². The van der Waals surface area contributed by atoms with Gasteiger partial charge in [0.2, 0.25) is 0 Å². The molecule has 1 aliphatic rings. The number of carbonyl (C=O) groups excluding carboxylic acids is 2. The van der Waals surface area contributed by atoms with Gasteiger partial charge in [-0.3, -0.25) is 9.59 Å². The zero-order valence-electron chi connectivity index (χ0n) is 18.9. The molecule has 2 heterocycles. The minimum atomic E-state index is 0. The van der Waals surface area contributed by atoms with Gasteiger partial charge in [0.1, 0.15) is 10.8 Å². The van der Waals surface area contributed by atoms with E-state index >= 15 is 0 Å². The summed E-state index contributed by atoms with van der Waals surface area (Å²) in [5.74, 6) is 9.89. The zero-order valence-corrected chi connectivity index (χ0v) is 17.3. The highest BCUT2D eigenvalue weighted by Crippen LogP contribution is 2.28. The third kappa shape index (κ3) is 6.85. The van der Waals surface area contributed by atoms with E-state index in [0.717, 1.165) is 16.9 Å². The number of hydrogen-bond donors (Lipinski definition) is 1. The van der Waals surface area contributed by atoms with Gasteiger partial charge < -0.3 is 10.5 Å². The molecule has 0 unspecified atom stereocenters. The fourth-order valence-corrected chi connectivity index (χ4v) is 3.20. The number of terminal acetylenes is 2. The number of nitrogen functional groups attached to an aromatic ring is 1. The van der Waals surface area contributed by atoms with E-state index < -0.39 is 0 Å². The smallest absolute Gasteiger partial charge is 0.175 e. The largest absolute Gasteiger partial charge is 0.495 e. The van der Waals surface area contributed by atoms with Gasteiger partial charge >= 0.3 is 0 Å². The van der Waals surface area contributed by atoms with E-state index in [1.54, 1.807) is 24.4 Å². The molecule has 0 saturated heterocycles. The Kier molecular flexibility index (Phi) is 8.57. The Morgan fingerprint density at radius 3 is 2.61 bits per heavy atom. The predicted molar refractivity (Wildman–Crippen MR) is 122 cm³/mol. The van der Waals surface area contributed by atoms with Crippen molar-refractivity contribution in [2.75, 3.05) is 18.6 Å². The van der Waals surface area contributed by atoms with Crippen LogP contribution < -0.4 is 10.5 Å². The van der Waals surface area contributed by atoms with Crippen molar-refractivity contribution in [2.24, 2.45) is 0 Å². The van der Waals surface area contributed by atoms with E-state index in [1.165, 1.54) is 18.9 Å². The summed E-state index contributed by atoms with van der Waals surface area (Å²) in [6.45, 7) is 0. The maximum Gasteiger partial charge on any atom is 0.175 e. The van der Waals surface area contributed by atoms with Gasteiger partial charge in [-0.1, -0.05) is 11.8 Å². The summed E-state index contributed by atoms with van der Waals surface area (Å²) in [5.41, 5.74) is 7.41. The van der Waals surface area contributed by atoms with Crippen molar-refractivity contribution in [3.63, 3.8) is 0 Å². The van der Waals surface area contributed by atoms with Crippen LogP contribution in [0, 0.1) is 36.5 Å². The van der Waals surface area contributed by atoms with Crippen LogP contribution in [0.3, 0.4) is 0 Å². The number of ketones is 1. The standard InChI is InChI=1S/C8H8BrNO2.C7H5NOS.C6H2.3H2/c1-12-8-2-5(4-11)6(9)3-7(8)10;9-6-4-10-7-5(6)2-1-3-8-7;1-3-5-6-4-2;;;/h2-4H,10H2,1H3;1-3H,4H2;1-2H;3*1H/i;;;2*1+1D;1+1. The van der Waals surface area contributed by atoms with E-state index in [9.17, 15) is 9.59 Å². The third-order valence-electron chi connectivity index (χ3n) is 3.09. The first kappa shape index (κ1) is 19.6. The lowest BCUT2D eigenvalue weighted by Gasteiger charge is -2.05. The number of anilines is 1. The summed E-state index contributed by atoms with van der Waals surface area (Å²) in [4.78, 5) is 25.5. The molecule has 2 aromatic rings. The molecule has 5 nitrogen and oxygen atoms in total. The molecule has 3 rings (SSSR count). The van der Waals surface area contributed by atoms with E-state index in [-0.39, 0.29) is 7.21 Å². The van der Waals surface area contributed by atoms with E-state index in [1.807, 2.05) is 6.07 Å². The molecule has 0 bridgehead atoms.